The third-order valence-corrected chi connectivity index (χ3v) is 4.08. The van der Waals surface area contributed by atoms with Crippen molar-refractivity contribution in [1.29, 1.82) is 0 Å². The van der Waals surface area contributed by atoms with Crippen LogP contribution in [-0.2, 0) is 23.9 Å². The summed E-state index contributed by atoms with van der Waals surface area (Å²) in [6.45, 7) is 1.50. The Morgan fingerprint density at radius 2 is 1.57 bits per heavy atom. The van der Waals surface area contributed by atoms with Gasteiger partial charge in [0.2, 0.25) is 5.91 Å². The highest BCUT2D eigenvalue weighted by Gasteiger charge is 2.12. The van der Waals surface area contributed by atoms with Gasteiger partial charge in [0.25, 0.3) is 5.91 Å². The standard InChI is InChI=1S/C21H21ClN2O6/c1-2-29-21(28)14-7-9-15(10-8-14)23-18(25)11-12-20(27)30-13-19(26)24-17-6-4-3-5-16(17)22/h3-10H,2,11-13H2,1H3,(H,23,25)(H,24,26). The molecule has 0 bridgehead atoms. The van der Waals surface area contributed by atoms with E-state index >= 15 is 0 Å². The van der Waals surface area contributed by atoms with Crippen LogP contribution in [0.4, 0.5) is 11.4 Å². The Morgan fingerprint density at radius 1 is 0.867 bits per heavy atom. The molecule has 0 aliphatic heterocycles. The highest BCUT2D eigenvalue weighted by Crippen LogP contribution is 2.20. The van der Waals surface area contributed by atoms with Gasteiger partial charge in [-0.05, 0) is 43.3 Å². The van der Waals surface area contributed by atoms with Crippen LogP contribution in [0, 0.1) is 0 Å². The number of para-hydroxylation sites is 1. The van der Waals surface area contributed by atoms with E-state index in [1.54, 1.807) is 43.3 Å². The minimum Gasteiger partial charge on any atom is -0.462 e. The van der Waals surface area contributed by atoms with E-state index < -0.39 is 30.4 Å². The number of carbonyl (C=O) groups excluding carboxylic acids is 4. The minimum atomic E-state index is -0.683. The molecule has 0 atom stereocenters. The average Bonchev–Trinajstić information content (AvgIpc) is 2.73. The van der Waals surface area contributed by atoms with Crippen molar-refractivity contribution in [3.63, 3.8) is 0 Å². The van der Waals surface area contributed by atoms with Gasteiger partial charge in [0, 0.05) is 12.1 Å². The van der Waals surface area contributed by atoms with Crippen LogP contribution in [0.3, 0.4) is 0 Å². The minimum absolute atomic E-state index is 0.120. The van der Waals surface area contributed by atoms with Crippen LogP contribution >= 0.6 is 11.6 Å². The second-order valence-corrected chi connectivity index (χ2v) is 6.44. The molecular formula is C21H21ClN2O6. The molecule has 0 aromatic heterocycles. The summed E-state index contributed by atoms with van der Waals surface area (Å²) in [6.07, 6.45) is -0.309. The first-order chi connectivity index (χ1) is 14.4. The molecule has 158 valence electrons. The Labute approximate surface area is 178 Å². The molecule has 2 aromatic carbocycles. The number of hydrogen-bond donors (Lipinski definition) is 2. The third kappa shape index (κ3) is 7.56. The number of nitrogens with one attached hydrogen (secondary N) is 2. The summed E-state index contributed by atoms with van der Waals surface area (Å²) in [5.41, 5.74) is 1.25. The van der Waals surface area contributed by atoms with Gasteiger partial charge in [0.05, 0.1) is 29.3 Å². The molecular weight excluding hydrogens is 412 g/mol. The fourth-order valence-electron chi connectivity index (χ4n) is 2.31. The predicted octanol–water partition coefficient (Wildman–Crippen LogP) is 3.42. The summed E-state index contributed by atoms with van der Waals surface area (Å²) in [7, 11) is 0. The molecule has 0 spiro atoms. The molecule has 0 aliphatic carbocycles. The first-order valence-corrected chi connectivity index (χ1v) is 9.54. The molecule has 0 radical (unpaired) electrons. The van der Waals surface area contributed by atoms with Crippen molar-refractivity contribution in [3.8, 4) is 0 Å². The summed E-state index contributed by atoms with van der Waals surface area (Å²) in [4.78, 5) is 47.1. The molecule has 0 unspecified atom stereocenters. The van der Waals surface area contributed by atoms with Crippen LogP contribution in [0.25, 0.3) is 0 Å². The Balaban J connectivity index is 1.70. The van der Waals surface area contributed by atoms with Crippen molar-refractivity contribution in [2.24, 2.45) is 0 Å². The summed E-state index contributed by atoms with van der Waals surface area (Å²) in [6, 6.07) is 12.8. The van der Waals surface area contributed by atoms with E-state index in [0.717, 1.165) is 0 Å². The van der Waals surface area contributed by atoms with Crippen molar-refractivity contribution in [2.75, 3.05) is 23.8 Å². The lowest BCUT2D eigenvalue weighted by Crippen LogP contribution is -2.22. The van der Waals surface area contributed by atoms with Gasteiger partial charge in [0.1, 0.15) is 0 Å². The van der Waals surface area contributed by atoms with Gasteiger partial charge in [-0.2, -0.15) is 0 Å². The molecule has 2 aromatic rings. The highest BCUT2D eigenvalue weighted by atomic mass is 35.5. The first-order valence-electron chi connectivity index (χ1n) is 9.16. The number of esters is 2. The van der Waals surface area contributed by atoms with Gasteiger partial charge in [-0.15, -0.1) is 0 Å². The van der Waals surface area contributed by atoms with Gasteiger partial charge in [-0.3, -0.25) is 14.4 Å². The van der Waals surface area contributed by atoms with E-state index in [1.165, 1.54) is 12.1 Å². The third-order valence-electron chi connectivity index (χ3n) is 3.75. The summed E-state index contributed by atoms with van der Waals surface area (Å²) in [5, 5.41) is 5.49. The average molecular weight is 433 g/mol. The lowest BCUT2D eigenvalue weighted by molar-refractivity contribution is -0.147. The van der Waals surface area contributed by atoms with E-state index in [-0.39, 0.29) is 19.4 Å². The number of rotatable bonds is 9. The van der Waals surface area contributed by atoms with Gasteiger partial charge in [0.15, 0.2) is 6.61 Å². The van der Waals surface area contributed by atoms with Crippen LogP contribution in [0.5, 0.6) is 0 Å². The fourth-order valence-corrected chi connectivity index (χ4v) is 2.49. The number of ether oxygens (including phenoxy) is 2. The first kappa shape index (κ1) is 22.9. The smallest absolute Gasteiger partial charge is 0.338 e. The van der Waals surface area contributed by atoms with Crippen molar-refractivity contribution in [1.82, 2.24) is 0 Å². The molecule has 2 N–H and O–H groups in total. The monoisotopic (exact) mass is 432 g/mol. The molecule has 8 nitrogen and oxygen atoms in total. The maximum Gasteiger partial charge on any atom is 0.338 e. The fraction of sp³-hybridized carbons (Fsp3) is 0.238. The Morgan fingerprint density at radius 3 is 2.23 bits per heavy atom. The zero-order chi connectivity index (χ0) is 21.9. The van der Waals surface area contributed by atoms with E-state index in [2.05, 4.69) is 10.6 Å². The molecule has 2 rings (SSSR count). The van der Waals surface area contributed by atoms with Crippen LogP contribution in [0.15, 0.2) is 48.5 Å². The number of hydrogen-bond acceptors (Lipinski definition) is 6. The zero-order valence-electron chi connectivity index (χ0n) is 16.3. The molecule has 9 heteroatoms. The second kappa shape index (κ2) is 11.6. The van der Waals surface area contributed by atoms with Crippen LogP contribution in [0.2, 0.25) is 5.02 Å². The van der Waals surface area contributed by atoms with E-state index in [9.17, 15) is 19.2 Å². The molecule has 0 saturated carbocycles. The number of carbonyl (C=O) groups is 4. The summed E-state index contributed by atoms with van der Waals surface area (Å²) >= 11 is 5.93. The van der Waals surface area contributed by atoms with Gasteiger partial charge in [-0.1, -0.05) is 23.7 Å². The summed E-state index contributed by atoms with van der Waals surface area (Å²) in [5.74, 6) is -2.08. The Bertz CT molecular complexity index is 914. The largest absolute Gasteiger partial charge is 0.462 e. The van der Waals surface area contributed by atoms with E-state index in [1.807, 2.05) is 0 Å². The maximum atomic E-state index is 12.0. The van der Waals surface area contributed by atoms with Crippen molar-refractivity contribution in [3.05, 3.63) is 59.1 Å². The Kier molecular flexibility index (Phi) is 8.83. The second-order valence-electron chi connectivity index (χ2n) is 6.03. The van der Waals surface area contributed by atoms with Crippen molar-refractivity contribution < 1.29 is 28.7 Å². The summed E-state index contributed by atoms with van der Waals surface area (Å²) < 4.78 is 9.74. The highest BCUT2D eigenvalue weighted by molar-refractivity contribution is 6.33. The predicted molar refractivity (Wildman–Crippen MR) is 111 cm³/mol. The molecule has 0 saturated heterocycles. The molecule has 0 heterocycles. The van der Waals surface area contributed by atoms with Crippen molar-refractivity contribution in [2.45, 2.75) is 19.8 Å². The molecule has 0 aliphatic rings. The normalized spacial score (nSPS) is 10.1. The zero-order valence-corrected chi connectivity index (χ0v) is 17.0. The molecule has 2 amide bonds. The lowest BCUT2D eigenvalue weighted by atomic mass is 10.2. The van der Waals surface area contributed by atoms with E-state index in [4.69, 9.17) is 21.1 Å². The van der Waals surface area contributed by atoms with Crippen LogP contribution in [0.1, 0.15) is 30.1 Å². The van der Waals surface area contributed by atoms with Crippen molar-refractivity contribution >= 4 is 46.7 Å². The molecule has 30 heavy (non-hydrogen) atoms. The molecule has 0 fully saturated rings. The van der Waals surface area contributed by atoms with Crippen LogP contribution < -0.4 is 10.6 Å². The quantitative estimate of drug-likeness (QED) is 0.587. The number of benzene rings is 2. The topological polar surface area (TPSA) is 111 Å². The van der Waals surface area contributed by atoms with Gasteiger partial charge in [-0.25, -0.2) is 4.79 Å². The number of anilines is 2. The number of amides is 2. The van der Waals surface area contributed by atoms with Gasteiger partial charge >= 0.3 is 11.9 Å². The maximum absolute atomic E-state index is 12.0. The van der Waals surface area contributed by atoms with Gasteiger partial charge < -0.3 is 20.1 Å². The van der Waals surface area contributed by atoms with E-state index in [0.29, 0.717) is 22.0 Å². The SMILES string of the molecule is CCOC(=O)c1ccc(NC(=O)CCC(=O)OCC(=O)Nc2ccccc2Cl)cc1. The Hall–Kier alpha value is -3.39. The number of halogens is 1. The lowest BCUT2D eigenvalue weighted by Gasteiger charge is -2.08. The van der Waals surface area contributed by atoms with Crippen LogP contribution in [-0.4, -0.2) is 37.0 Å².